The number of amidine groups is 1. The molecule has 0 saturated carbocycles. The number of esters is 1. The molecule has 0 spiro atoms. The maximum Gasteiger partial charge on any atom is 0.312 e. The summed E-state index contributed by atoms with van der Waals surface area (Å²) in [6.45, 7) is 7.16. The zero-order valence-corrected chi connectivity index (χ0v) is 11.2. The van der Waals surface area contributed by atoms with Crippen LogP contribution >= 0.6 is 0 Å². The molecule has 102 valence electrons. The van der Waals surface area contributed by atoms with Crippen LogP contribution in [0.25, 0.3) is 0 Å². The standard InChI is InChI=1S/C13H22N2O3/c1-10(9-15-7-4-6-14-11(15)2)13(16)18-12-5-3-8-17-12/h10,12H,3-9H2,1-2H3. The number of hydrogen-bond donors (Lipinski definition) is 0. The summed E-state index contributed by atoms with van der Waals surface area (Å²) in [5.41, 5.74) is 0. The van der Waals surface area contributed by atoms with E-state index >= 15 is 0 Å². The van der Waals surface area contributed by atoms with Crippen molar-refractivity contribution in [2.75, 3.05) is 26.2 Å². The highest BCUT2D eigenvalue weighted by molar-refractivity contribution is 5.81. The van der Waals surface area contributed by atoms with E-state index < -0.39 is 0 Å². The Hall–Kier alpha value is -1.10. The molecule has 0 aromatic heterocycles. The normalized spacial score (nSPS) is 25.8. The van der Waals surface area contributed by atoms with Crippen LogP contribution in [0.1, 0.15) is 33.1 Å². The van der Waals surface area contributed by atoms with Crippen molar-refractivity contribution in [1.82, 2.24) is 4.90 Å². The Morgan fingerprint density at radius 3 is 3.11 bits per heavy atom. The molecule has 2 aliphatic heterocycles. The van der Waals surface area contributed by atoms with Crippen molar-refractivity contribution in [3.05, 3.63) is 0 Å². The number of aliphatic imine (C=N–C) groups is 1. The Kier molecular flexibility index (Phi) is 4.58. The van der Waals surface area contributed by atoms with Gasteiger partial charge in [0.15, 0.2) is 0 Å². The monoisotopic (exact) mass is 254 g/mol. The molecule has 0 N–H and O–H groups in total. The van der Waals surface area contributed by atoms with Gasteiger partial charge in [-0.3, -0.25) is 9.79 Å². The Morgan fingerprint density at radius 1 is 1.61 bits per heavy atom. The van der Waals surface area contributed by atoms with E-state index in [1.54, 1.807) is 0 Å². The van der Waals surface area contributed by atoms with E-state index in [1.165, 1.54) is 0 Å². The zero-order chi connectivity index (χ0) is 13.0. The smallest absolute Gasteiger partial charge is 0.312 e. The highest BCUT2D eigenvalue weighted by Crippen LogP contribution is 2.16. The van der Waals surface area contributed by atoms with Gasteiger partial charge >= 0.3 is 5.97 Å². The van der Waals surface area contributed by atoms with Gasteiger partial charge in [0.1, 0.15) is 0 Å². The fourth-order valence-corrected chi connectivity index (χ4v) is 2.28. The number of ether oxygens (including phenoxy) is 2. The van der Waals surface area contributed by atoms with Crippen LogP contribution in [-0.4, -0.2) is 49.2 Å². The van der Waals surface area contributed by atoms with Crippen LogP contribution in [0.2, 0.25) is 0 Å². The van der Waals surface area contributed by atoms with Gasteiger partial charge in [-0.25, -0.2) is 0 Å². The summed E-state index contributed by atoms with van der Waals surface area (Å²) >= 11 is 0. The summed E-state index contributed by atoms with van der Waals surface area (Å²) in [5, 5.41) is 0. The maximum absolute atomic E-state index is 11.9. The van der Waals surface area contributed by atoms with Gasteiger partial charge in [-0.2, -0.15) is 0 Å². The van der Waals surface area contributed by atoms with E-state index in [2.05, 4.69) is 9.89 Å². The van der Waals surface area contributed by atoms with Crippen molar-refractivity contribution in [2.24, 2.45) is 10.9 Å². The summed E-state index contributed by atoms with van der Waals surface area (Å²) in [7, 11) is 0. The number of rotatable bonds is 4. The summed E-state index contributed by atoms with van der Waals surface area (Å²) in [6, 6.07) is 0. The van der Waals surface area contributed by atoms with Gasteiger partial charge in [0.25, 0.3) is 0 Å². The van der Waals surface area contributed by atoms with Gasteiger partial charge in [0, 0.05) is 26.1 Å². The molecule has 0 aliphatic carbocycles. The molecule has 5 heteroatoms. The lowest BCUT2D eigenvalue weighted by atomic mass is 10.1. The molecule has 2 heterocycles. The second kappa shape index (κ2) is 6.18. The van der Waals surface area contributed by atoms with Crippen LogP contribution in [-0.2, 0) is 14.3 Å². The van der Waals surface area contributed by atoms with E-state index in [4.69, 9.17) is 9.47 Å². The van der Waals surface area contributed by atoms with Crippen LogP contribution < -0.4 is 0 Å². The fourth-order valence-electron chi connectivity index (χ4n) is 2.28. The Labute approximate surface area is 108 Å². The minimum absolute atomic E-state index is 0.141. The predicted octanol–water partition coefficient (Wildman–Crippen LogP) is 1.43. The van der Waals surface area contributed by atoms with E-state index in [1.807, 2.05) is 13.8 Å². The van der Waals surface area contributed by atoms with Crippen molar-refractivity contribution in [3.63, 3.8) is 0 Å². The van der Waals surface area contributed by atoms with E-state index in [0.717, 1.165) is 38.2 Å². The molecule has 2 aliphatic rings. The predicted molar refractivity (Wildman–Crippen MR) is 68.4 cm³/mol. The molecule has 0 radical (unpaired) electrons. The first-order chi connectivity index (χ1) is 8.66. The number of carbonyl (C=O) groups excluding carboxylic acids is 1. The second-order valence-electron chi connectivity index (χ2n) is 5.01. The number of nitrogens with zero attached hydrogens (tertiary/aromatic N) is 2. The summed E-state index contributed by atoms with van der Waals surface area (Å²) in [4.78, 5) is 18.5. The van der Waals surface area contributed by atoms with Crippen LogP contribution in [0.15, 0.2) is 4.99 Å². The molecular weight excluding hydrogens is 232 g/mol. The highest BCUT2D eigenvalue weighted by Gasteiger charge is 2.25. The third kappa shape index (κ3) is 3.45. The lowest BCUT2D eigenvalue weighted by molar-refractivity contribution is -0.174. The summed E-state index contributed by atoms with van der Waals surface area (Å²) < 4.78 is 10.6. The third-order valence-electron chi connectivity index (χ3n) is 3.42. The second-order valence-corrected chi connectivity index (χ2v) is 5.01. The Bertz CT molecular complexity index is 324. The summed E-state index contributed by atoms with van der Waals surface area (Å²) in [5.74, 6) is 0.718. The number of hydrogen-bond acceptors (Lipinski definition) is 5. The van der Waals surface area contributed by atoms with E-state index in [0.29, 0.717) is 13.2 Å². The third-order valence-corrected chi connectivity index (χ3v) is 3.42. The Morgan fingerprint density at radius 2 is 2.44 bits per heavy atom. The van der Waals surface area contributed by atoms with Crippen molar-refractivity contribution in [3.8, 4) is 0 Å². The molecule has 0 amide bonds. The average molecular weight is 254 g/mol. The molecule has 1 saturated heterocycles. The van der Waals surface area contributed by atoms with Crippen molar-refractivity contribution < 1.29 is 14.3 Å². The lowest BCUT2D eigenvalue weighted by Crippen LogP contribution is -2.39. The SMILES string of the molecule is CC1=NCCCN1CC(C)C(=O)OC1CCCO1. The van der Waals surface area contributed by atoms with Gasteiger partial charge in [-0.15, -0.1) is 0 Å². The van der Waals surface area contributed by atoms with Gasteiger partial charge in [0.05, 0.1) is 18.4 Å². The molecule has 2 unspecified atom stereocenters. The minimum Gasteiger partial charge on any atom is -0.435 e. The van der Waals surface area contributed by atoms with Crippen LogP contribution in [0, 0.1) is 5.92 Å². The molecule has 0 aromatic carbocycles. The summed E-state index contributed by atoms with van der Waals surface area (Å²) in [6.07, 6.45) is 2.54. The Balaban J connectivity index is 1.79. The first-order valence-corrected chi connectivity index (χ1v) is 6.75. The van der Waals surface area contributed by atoms with Crippen LogP contribution in [0.4, 0.5) is 0 Å². The van der Waals surface area contributed by atoms with Crippen molar-refractivity contribution in [2.45, 2.75) is 39.4 Å². The zero-order valence-electron chi connectivity index (χ0n) is 11.2. The first kappa shape index (κ1) is 13.3. The van der Waals surface area contributed by atoms with Crippen LogP contribution in [0.3, 0.4) is 0 Å². The number of carbonyl (C=O) groups is 1. The molecule has 18 heavy (non-hydrogen) atoms. The quantitative estimate of drug-likeness (QED) is 0.712. The molecule has 1 fully saturated rings. The maximum atomic E-state index is 11.9. The first-order valence-electron chi connectivity index (χ1n) is 6.75. The van der Waals surface area contributed by atoms with Crippen LogP contribution in [0.5, 0.6) is 0 Å². The molecule has 2 rings (SSSR count). The van der Waals surface area contributed by atoms with Gasteiger partial charge < -0.3 is 14.4 Å². The largest absolute Gasteiger partial charge is 0.435 e. The minimum atomic E-state index is -0.323. The van der Waals surface area contributed by atoms with Crippen molar-refractivity contribution in [1.29, 1.82) is 0 Å². The average Bonchev–Trinajstić information content (AvgIpc) is 2.84. The van der Waals surface area contributed by atoms with E-state index in [-0.39, 0.29) is 18.2 Å². The van der Waals surface area contributed by atoms with Crippen molar-refractivity contribution >= 4 is 11.8 Å². The molecular formula is C13H22N2O3. The highest BCUT2D eigenvalue weighted by atomic mass is 16.7. The molecule has 0 aromatic rings. The van der Waals surface area contributed by atoms with E-state index in [9.17, 15) is 4.79 Å². The fraction of sp³-hybridized carbons (Fsp3) is 0.846. The van der Waals surface area contributed by atoms with Gasteiger partial charge in [0.2, 0.25) is 6.29 Å². The van der Waals surface area contributed by atoms with Gasteiger partial charge in [-0.05, 0) is 19.8 Å². The lowest BCUT2D eigenvalue weighted by Gasteiger charge is -2.29. The molecule has 5 nitrogen and oxygen atoms in total. The molecule has 0 bridgehead atoms. The molecule has 2 atom stereocenters. The van der Waals surface area contributed by atoms with Gasteiger partial charge in [-0.1, -0.05) is 6.92 Å². The topological polar surface area (TPSA) is 51.1 Å².